The lowest BCUT2D eigenvalue weighted by atomic mass is 9.88. The zero-order valence-electron chi connectivity index (χ0n) is 11.0. The lowest BCUT2D eigenvalue weighted by Crippen LogP contribution is -2.39. The maximum absolute atomic E-state index is 10.3. The number of hydrogen-bond donors (Lipinski definition) is 3. The number of benzene rings is 1. The third-order valence-corrected chi connectivity index (χ3v) is 3.85. The van der Waals surface area contributed by atoms with Gasteiger partial charge in [0.2, 0.25) is 0 Å². The van der Waals surface area contributed by atoms with E-state index < -0.39 is 0 Å². The van der Waals surface area contributed by atoms with Crippen LogP contribution in [-0.4, -0.2) is 47.1 Å². The summed E-state index contributed by atoms with van der Waals surface area (Å²) in [4.78, 5) is 2.09. The molecule has 0 aliphatic carbocycles. The Kier molecular flexibility index (Phi) is 2.89. The van der Waals surface area contributed by atoms with E-state index in [1.807, 2.05) is 0 Å². The Labute approximate surface area is 115 Å². The molecule has 3 rings (SSSR count). The first-order valence-corrected chi connectivity index (χ1v) is 6.32. The van der Waals surface area contributed by atoms with Crippen molar-refractivity contribution in [1.29, 1.82) is 0 Å². The van der Waals surface area contributed by atoms with Crippen molar-refractivity contribution in [2.24, 2.45) is 10.3 Å². The highest BCUT2D eigenvalue weighted by Crippen LogP contribution is 2.45. The minimum atomic E-state index is -0.0528. The van der Waals surface area contributed by atoms with Gasteiger partial charge in [-0.3, -0.25) is 0 Å². The van der Waals surface area contributed by atoms with Gasteiger partial charge in [-0.15, -0.1) is 0 Å². The highest BCUT2D eigenvalue weighted by molar-refractivity contribution is 6.17. The molecule has 1 aromatic carbocycles. The molecule has 0 spiro atoms. The van der Waals surface area contributed by atoms with Crippen LogP contribution in [-0.2, 0) is 0 Å². The summed E-state index contributed by atoms with van der Waals surface area (Å²) in [7, 11) is 1.45. The van der Waals surface area contributed by atoms with Crippen LogP contribution in [0.4, 0.5) is 5.69 Å². The van der Waals surface area contributed by atoms with Crippen LogP contribution in [0, 0.1) is 0 Å². The SMILES string of the molecule is COc1cc2c3c(c1O)C(=NO)CCN3CCC2=NO. The van der Waals surface area contributed by atoms with Crippen molar-refractivity contribution in [3.63, 3.8) is 0 Å². The van der Waals surface area contributed by atoms with Crippen molar-refractivity contribution in [1.82, 2.24) is 0 Å². The van der Waals surface area contributed by atoms with Gasteiger partial charge in [-0.2, -0.15) is 0 Å². The molecule has 7 heteroatoms. The third kappa shape index (κ3) is 1.59. The Morgan fingerprint density at radius 1 is 1.15 bits per heavy atom. The van der Waals surface area contributed by atoms with Crippen molar-refractivity contribution in [2.45, 2.75) is 12.8 Å². The number of ether oxygens (including phenoxy) is 1. The van der Waals surface area contributed by atoms with Crippen LogP contribution in [0.1, 0.15) is 24.0 Å². The fraction of sp³-hybridized carbons (Fsp3) is 0.385. The van der Waals surface area contributed by atoms with Crippen molar-refractivity contribution in [3.8, 4) is 11.5 Å². The zero-order valence-corrected chi connectivity index (χ0v) is 11.0. The number of oxime groups is 2. The summed E-state index contributed by atoms with van der Waals surface area (Å²) in [5.41, 5.74) is 2.84. The molecule has 0 bridgehead atoms. The van der Waals surface area contributed by atoms with Gasteiger partial charge in [0.15, 0.2) is 11.5 Å². The van der Waals surface area contributed by atoms with E-state index in [-0.39, 0.29) is 11.5 Å². The highest BCUT2D eigenvalue weighted by atomic mass is 16.5. The topological polar surface area (TPSA) is 97.9 Å². The molecule has 20 heavy (non-hydrogen) atoms. The Balaban J connectivity index is 2.36. The Morgan fingerprint density at radius 3 is 2.40 bits per heavy atom. The van der Waals surface area contributed by atoms with Crippen LogP contribution in [0.15, 0.2) is 16.4 Å². The second-order valence-corrected chi connectivity index (χ2v) is 4.78. The summed E-state index contributed by atoms with van der Waals surface area (Å²) in [5, 5.41) is 35.2. The van der Waals surface area contributed by atoms with Crippen LogP contribution in [0.5, 0.6) is 11.5 Å². The molecule has 1 aromatic rings. The summed E-state index contributed by atoms with van der Waals surface area (Å²) in [6.07, 6.45) is 1.15. The molecule has 0 saturated heterocycles. The van der Waals surface area contributed by atoms with Gasteiger partial charge in [-0.25, -0.2) is 0 Å². The van der Waals surface area contributed by atoms with E-state index in [4.69, 9.17) is 15.2 Å². The quantitative estimate of drug-likeness (QED) is 0.532. The van der Waals surface area contributed by atoms with E-state index in [0.717, 1.165) is 5.69 Å². The van der Waals surface area contributed by atoms with Gasteiger partial charge < -0.3 is 25.2 Å². The van der Waals surface area contributed by atoms with Gasteiger partial charge in [0.25, 0.3) is 0 Å². The first-order chi connectivity index (χ1) is 9.71. The fourth-order valence-electron chi connectivity index (χ4n) is 2.90. The minimum absolute atomic E-state index is 0.0528. The average molecular weight is 277 g/mol. The first kappa shape index (κ1) is 12.6. The highest BCUT2D eigenvalue weighted by Gasteiger charge is 2.34. The Morgan fingerprint density at radius 2 is 1.80 bits per heavy atom. The monoisotopic (exact) mass is 277 g/mol. The normalized spacial score (nSPS) is 21.1. The van der Waals surface area contributed by atoms with E-state index in [2.05, 4.69) is 15.2 Å². The number of nitrogens with zero attached hydrogens (tertiary/aromatic N) is 3. The predicted octanol–water partition coefficient (Wildman–Crippen LogP) is 1.37. The van der Waals surface area contributed by atoms with Gasteiger partial charge in [0, 0.05) is 31.5 Å². The maximum atomic E-state index is 10.3. The molecule has 0 amide bonds. The van der Waals surface area contributed by atoms with Gasteiger partial charge >= 0.3 is 0 Å². The summed E-state index contributed by atoms with van der Waals surface area (Å²) in [5.74, 6) is 0.215. The number of anilines is 1. The smallest absolute Gasteiger partial charge is 0.169 e. The number of rotatable bonds is 1. The van der Waals surface area contributed by atoms with Crippen LogP contribution < -0.4 is 9.64 Å². The first-order valence-electron chi connectivity index (χ1n) is 6.32. The van der Waals surface area contributed by atoms with Crippen molar-refractivity contribution in [3.05, 3.63) is 17.2 Å². The second-order valence-electron chi connectivity index (χ2n) is 4.78. The summed E-state index contributed by atoms with van der Waals surface area (Å²) < 4.78 is 5.16. The molecule has 2 aliphatic heterocycles. The Hall–Kier alpha value is -2.44. The summed E-state index contributed by atoms with van der Waals surface area (Å²) >= 11 is 0. The molecule has 2 heterocycles. The molecular weight excluding hydrogens is 262 g/mol. The van der Waals surface area contributed by atoms with Crippen molar-refractivity contribution >= 4 is 17.1 Å². The number of phenols is 1. The largest absolute Gasteiger partial charge is 0.504 e. The molecule has 106 valence electrons. The van der Waals surface area contributed by atoms with Crippen LogP contribution in [0.25, 0.3) is 0 Å². The summed E-state index contributed by atoms with van der Waals surface area (Å²) in [6, 6.07) is 1.65. The number of phenolic OH excluding ortho intramolecular Hbond substituents is 1. The standard InChI is InChI=1S/C13H15N3O4/c1-20-10-6-7-8(14-18)2-4-16-5-3-9(15-19)11(12(7)16)13(10)17/h6,17-19H,2-5H2,1H3. The van der Waals surface area contributed by atoms with E-state index in [1.54, 1.807) is 6.07 Å². The van der Waals surface area contributed by atoms with E-state index >= 15 is 0 Å². The molecule has 0 radical (unpaired) electrons. The molecule has 0 unspecified atom stereocenters. The fourth-order valence-corrected chi connectivity index (χ4v) is 2.90. The van der Waals surface area contributed by atoms with Crippen molar-refractivity contribution in [2.75, 3.05) is 25.1 Å². The maximum Gasteiger partial charge on any atom is 0.169 e. The lowest BCUT2D eigenvalue weighted by Gasteiger charge is -2.37. The average Bonchev–Trinajstić information content (AvgIpc) is 2.50. The second kappa shape index (κ2) is 4.59. The van der Waals surface area contributed by atoms with Gasteiger partial charge in [-0.1, -0.05) is 10.3 Å². The predicted molar refractivity (Wildman–Crippen MR) is 72.8 cm³/mol. The number of aromatic hydroxyl groups is 1. The van der Waals surface area contributed by atoms with Crippen molar-refractivity contribution < 1.29 is 20.3 Å². The molecular formula is C13H15N3O4. The molecule has 7 nitrogen and oxygen atoms in total. The molecule has 0 fully saturated rings. The molecule has 0 aromatic heterocycles. The Bertz CT molecular complexity index is 623. The van der Waals surface area contributed by atoms with Gasteiger partial charge in [0.05, 0.1) is 29.8 Å². The number of methoxy groups -OCH3 is 1. The lowest BCUT2D eigenvalue weighted by molar-refractivity contribution is 0.316. The van der Waals surface area contributed by atoms with Crippen LogP contribution in [0.2, 0.25) is 0 Å². The molecule has 3 N–H and O–H groups in total. The van der Waals surface area contributed by atoms with Gasteiger partial charge in [0.1, 0.15) is 0 Å². The van der Waals surface area contributed by atoms with E-state index in [9.17, 15) is 5.11 Å². The van der Waals surface area contributed by atoms with Gasteiger partial charge in [-0.05, 0) is 6.07 Å². The van der Waals surface area contributed by atoms with Crippen LogP contribution in [0.3, 0.4) is 0 Å². The number of hydrogen-bond acceptors (Lipinski definition) is 7. The van der Waals surface area contributed by atoms with E-state index in [0.29, 0.717) is 48.5 Å². The molecule has 0 saturated carbocycles. The molecule has 2 aliphatic rings. The van der Waals surface area contributed by atoms with E-state index in [1.165, 1.54) is 7.11 Å². The summed E-state index contributed by atoms with van der Waals surface area (Å²) in [6.45, 7) is 1.40. The van der Waals surface area contributed by atoms with Crippen LogP contribution >= 0.6 is 0 Å². The molecule has 0 atom stereocenters. The zero-order chi connectivity index (χ0) is 14.3. The third-order valence-electron chi connectivity index (χ3n) is 3.85. The minimum Gasteiger partial charge on any atom is -0.504 e.